The van der Waals surface area contributed by atoms with Gasteiger partial charge in [-0.2, -0.15) is 0 Å². The molecule has 3 heterocycles. The fraction of sp³-hybridized carbons (Fsp3) is 0.500. The van der Waals surface area contributed by atoms with Crippen molar-refractivity contribution >= 4 is 17.5 Å². The smallest absolute Gasteiger partial charge is 0.242 e. The standard InChI is InChI=1S/C20H27N5O/c1-23-15-11-21-20(23)24-13-9-16(10-14-24)22-19(26)18-8-5-12-25(18)17-6-3-2-4-7-17/h2-4,6-7,11,15-16,18H,5,8-10,12-14H2,1H3,(H,22,26). The van der Waals surface area contributed by atoms with Crippen molar-refractivity contribution in [3.63, 3.8) is 0 Å². The highest BCUT2D eigenvalue weighted by atomic mass is 16.2. The molecular formula is C20H27N5O. The zero-order valence-corrected chi connectivity index (χ0v) is 15.3. The molecule has 1 aromatic heterocycles. The van der Waals surface area contributed by atoms with E-state index in [1.54, 1.807) is 0 Å². The van der Waals surface area contributed by atoms with E-state index in [0.717, 1.165) is 57.0 Å². The SMILES string of the molecule is Cn1ccnc1N1CCC(NC(=O)C2CCCN2c2ccccc2)CC1. The van der Waals surface area contributed by atoms with E-state index in [1.165, 1.54) is 0 Å². The van der Waals surface area contributed by atoms with E-state index in [9.17, 15) is 4.79 Å². The first kappa shape index (κ1) is 16.9. The van der Waals surface area contributed by atoms with Crippen LogP contribution in [-0.2, 0) is 11.8 Å². The lowest BCUT2D eigenvalue weighted by Crippen LogP contribution is -2.50. The highest BCUT2D eigenvalue weighted by Gasteiger charge is 2.32. The summed E-state index contributed by atoms with van der Waals surface area (Å²) >= 11 is 0. The number of imidazole rings is 1. The number of aryl methyl sites for hydroxylation is 1. The second-order valence-electron chi connectivity index (χ2n) is 7.30. The number of nitrogens with zero attached hydrogens (tertiary/aromatic N) is 4. The molecule has 1 unspecified atom stereocenters. The number of benzene rings is 1. The molecule has 2 aliphatic heterocycles. The first-order valence-corrected chi connectivity index (χ1v) is 9.57. The third-order valence-corrected chi connectivity index (χ3v) is 5.56. The Kier molecular flexibility index (Phi) is 4.82. The average molecular weight is 353 g/mol. The molecule has 1 N–H and O–H groups in total. The molecular weight excluding hydrogens is 326 g/mol. The fourth-order valence-electron chi connectivity index (χ4n) is 4.15. The molecule has 2 aromatic rings. The van der Waals surface area contributed by atoms with Gasteiger partial charge < -0.3 is 19.7 Å². The normalized spacial score (nSPS) is 21.2. The molecule has 0 saturated carbocycles. The Balaban J connectivity index is 1.33. The average Bonchev–Trinajstić information content (AvgIpc) is 3.32. The van der Waals surface area contributed by atoms with Crippen molar-refractivity contribution in [2.45, 2.75) is 37.8 Å². The van der Waals surface area contributed by atoms with Crippen LogP contribution in [0.2, 0.25) is 0 Å². The van der Waals surface area contributed by atoms with Gasteiger partial charge in [0, 0.05) is 50.8 Å². The van der Waals surface area contributed by atoms with Crippen molar-refractivity contribution < 1.29 is 4.79 Å². The zero-order chi connectivity index (χ0) is 17.9. The molecule has 1 atom stereocenters. The molecule has 26 heavy (non-hydrogen) atoms. The van der Waals surface area contributed by atoms with Crippen LogP contribution >= 0.6 is 0 Å². The molecule has 6 heteroatoms. The van der Waals surface area contributed by atoms with Crippen molar-refractivity contribution in [2.24, 2.45) is 7.05 Å². The largest absolute Gasteiger partial charge is 0.360 e. The maximum atomic E-state index is 12.9. The monoisotopic (exact) mass is 353 g/mol. The van der Waals surface area contributed by atoms with E-state index >= 15 is 0 Å². The molecule has 2 aliphatic rings. The van der Waals surface area contributed by atoms with Crippen LogP contribution in [0.3, 0.4) is 0 Å². The van der Waals surface area contributed by atoms with Gasteiger partial charge in [0.2, 0.25) is 11.9 Å². The van der Waals surface area contributed by atoms with Gasteiger partial charge in [-0.1, -0.05) is 18.2 Å². The predicted molar refractivity (Wildman–Crippen MR) is 103 cm³/mol. The summed E-state index contributed by atoms with van der Waals surface area (Å²) in [5, 5.41) is 3.31. The fourth-order valence-corrected chi connectivity index (χ4v) is 4.15. The minimum atomic E-state index is -0.0371. The number of aromatic nitrogens is 2. The first-order valence-electron chi connectivity index (χ1n) is 9.57. The Morgan fingerprint density at radius 1 is 1.12 bits per heavy atom. The van der Waals surface area contributed by atoms with Crippen LogP contribution in [0, 0.1) is 0 Å². The number of hydrogen-bond acceptors (Lipinski definition) is 4. The summed E-state index contributed by atoms with van der Waals surface area (Å²) in [7, 11) is 2.02. The number of nitrogens with one attached hydrogen (secondary N) is 1. The predicted octanol–water partition coefficient (Wildman–Crippen LogP) is 2.17. The van der Waals surface area contributed by atoms with Gasteiger partial charge in [0.25, 0.3) is 0 Å². The second kappa shape index (κ2) is 7.40. The van der Waals surface area contributed by atoms with E-state index in [4.69, 9.17) is 0 Å². The van der Waals surface area contributed by atoms with Gasteiger partial charge in [-0.25, -0.2) is 4.98 Å². The maximum absolute atomic E-state index is 12.9. The lowest BCUT2D eigenvalue weighted by molar-refractivity contribution is -0.123. The van der Waals surface area contributed by atoms with Crippen LogP contribution < -0.4 is 15.1 Å². The van der Waals surface area contributed by atoms with E-state index < -0.39 is 0 Å². The Hall–Kier alpha value is -2.50. The number of carbonyl (C=O) groups excluding carboxylic acids is 1. The lowest BCUT2D eigenvalue weighted by atomic mass is 10.0. The number of para-hydroxylation sites is 1. The summed E-state index contributed by atoms with van der Waals surface area (Å²) in [5.74, 6) is 1.20. The molecule has 0 radical (unpaired) electrons. The number of anilines is 2. The molecule has 1 aromatic carbocycles. The number of piperidine rings is 1. The van der Waals surface area contributed by atoms with E-state index in [0.29, 0.717) is 0 Å². The summed E-state index contributed by atoms with van der Waals surface area (Å²) in [4.78, 5) is 21.9. The first-order chi connectivity index (χ1) is 12.7. The number of rotatable bonds is 4. The molecule has 2 fully saturated rings. The van der Waals surface area contributed by atoms with Gasteiger partial charge in [0.1, 0.15) is 6.04 Å². The minimum Gasteiger partial charge on any atom is -0.360 e. The summed E-state index contributed by atoms with van der Waals surface area (Å²) in [5.41, 5.74) is 1.15. The topological polar surface area (TPSA) is 53.4 Å². The van der Waals surface area contributed by atoms with Crippen LogP contribution in [0.5, 0.6) is 0 Å². The third-order valence-electron chi connectivity index (χ3n) is 5.56. The number of carbonyl (C=O) groups is 1. The molecule has 138 valence electrons. The van der Waals surface area contributed by atoms with Crippen LogP contribution in [0.1, 0.15) is 25.7 Å². The Morgan fingerprint density at radius 3 is 2.58 bits per heavy atom. The number of hydrogen-bond donors (Lipinski definition) is 1. The van der Waals surface area contributed by atoms with Crippen LogP contribution in [0.15, 0.2) is 42.7 Å². The maximum Gasteiger partial charge on any atom is 0.242 e. The van der Waals surface area contributed by atoms with Gasteiger partial charge in [-0.05, 0) is 37.8 Å². The third kappa shape index (κ3) is 3.41. The molecule has 6 nitrogen and oxygen atoms in total. The van der Waals surface area contributed by atoms with E-state index in [2.05, 4.69) is 36.8 Å². The quantitative estimate of drug-likeness (QED) is 0.915. The molecule has 0 spiro atoms. The Bertz CT molecular complexity index is 736. The van der Waals surface area contributed by atoms with Crippen LogP contribution in [-0.4, -0.2) is 47.2 Å². The van der Waals surface area contributed by atoms with Gasteiger partial charge in [0.15, 0.2) is 0 Å². The van der Waals surface area contributed by atoms with Gasteiger partial charge in [-0.15, -0.1) is 0 Å². The van der Waals surface area contributed by atoms with Crippen molar-refractivity contribution in [3.05, 3.63) is 42.7 Å². The highest BCUT2D eigenvalue weighted by Crippen LogP contribution is 2.26. The zero-order valence-electron chi connectivity index (χ0n) is 15.3. The molecule has 0 bridgehead atoms. The molecule has 2 saturated heterocycles. The van der Waals surface area contributed by atoms with Gasteiger partial charge in [0.05, 0.1) is 0 Å². The van der Waals surface area contributed by atoms with Gasteiger partial charge in [-0.3, -0.25) is 4.79 Å². The molecule has 0 aliphatic carbocycles. The highest BCUT2D eigenvalue weighted by molar-refractivity contribution is 5.86. The molecule has 4 rings (SSSR count). The van der Waals surface area contributed by atoms with Crippen LogP contribution in [0.4, 0.5) is 11.6 Å². The van der Waals surface area contributed by atoms with Crippen molar-refractivity contribution in [3.8, 4) is 0 Å². The van der Waals surface area contributed by atoms with Crippen LogP contribution in [0.25, 0.3) is 0 Å². The summed E-state index contributed by atoms with van der Waals surface area (Å²) in [6, 6.07) is 10.5. The molecule has 1 amide bonds. The van der Waals surface area contributed by atoms with Crippen molar-refractivity contribution in [1.82, 2.24) is 14.9 Å². The van der Waals surface area contributed by atoms with E-state index in [-0.39, 0.29) is 18.0 Å². The Morgan fingerprint density at radius 2 is 1.88 bits per heavy atom. The van der Waals surface area contributed by atoms with Crippen molar-refractivity contribution in [1.29, 1.82) is 0 Å². The second-order valence-corrected chi connectivity index (χ2v) is 7.30. The number of amides is 1. The Labute approximate surface area is 154 Å². The summed E-state index contributed by atoms with van der Waals surface area (Å²) < 4.78 is 2.05. The summed E-state index contributed by atoms with van der Waals surface area (Å²) in [6.07, 6.45) is 7.76. The van der Waals surface area contributed by atoms with E-state index in [1.807, 2.05) is 37.6 Å². The lowest BCUT2D eigenvalue weighted by Gasteiger charge is -2.34. The van der Waals surface area contributed by atoms with Gasteiger partial charge >= 0.3 is 0 Å². The summed E-state index contributed by atoms with van der Waals surface area (Å²) in [6.45, 7) is 2.82. The minimum absolute atomic E-state index is 0.0371. The van der Waals surface area contributed by atoms with Crippen molar-refractivity contribution in [2.75, 3.05) is 29.4 Å².